The molecule has 2 rings (SSSR count). The quantitative estimate of drug-likeness (QED) is 0.871. The summed E-state index contributed by atoms with van der Waals surface area (Å²) >= 11 is 1.47. The Hall–Kier alpha value is -0.650. The highest BCUT2D eigenvalue weighted by atomic mass is 35.5. The number of anilines is 1. The summed E-state index contributed by atoms with van der Waals surface area (Å²) in [5.74, 6) is 0.0292. The summed E-state index contributed by atoms with van der Waals surface area (Å²) in [6.07, 6.45) is 3.15. The van der Waals surface area contributed by atoms with Crippen LogP contribution in [0.5, 0.6) is 0 Å². The molecule has 2 heterocycles. The van der Waals surface area contributed by atoms with Crippen LogP contribution in [0.2, 0.25) is 0 Å². The summed E-state index contributed by atoms with van der Waals surface area (Å²) in [6.45, 7) is 4.80. The number of thiazole rings is 1. The smallest absolute Gasteiger partial charge is 0.246 e. The van der Waals surface area contributed by atoms with Crippen LogP contribution in [0.4, 0.5) is 5.13 Å². The lowest BCUT2D eigenvalue weighted by Gasteiger charge is -2.33. The Labute approximate surface area is 112 Å². The van der Waals surface area contributed by atoms with Crippen molar-refractivity contribution >= 4 is 34.8 Å². The number of carbonyl (C=O) groups is 1. The minimum Gasteiger partial charge on any atom is -0.304 e. The Morgan fingerprint density at radius 2 is 2.35 bits per heavy atom. The third kappa shape index (κ3) is 3.40. The minimum atomic E-state index is -0.433. The number of rotatable bonds is 2. The molecule has 0 radical (unpaired) electrons. The molecule has 1 atom stereocenters. The second-order valence-corrected chi connectivity index (χ2v) is 5.32. The molecule has 1 aromatic heterocycles. The van der Waals surface area contributed by atoms with Gasteiger partial charge in [0, 0.05) is 5.38 Å². The molecule has 0 aliphatic carbocycles. The van der Waals surface area contributed by atoms with Crippen LogP contribution in [0, 0.1) is 6.92 Å². The van der Waals surface area contributed by atoms with Gasteiger partial charge in [-0.05, 0) is 39.7 Å². The van der Waals surface area contributed by atoms with E-state index in [1.54, 1.807) is 0 Å². The Balaban J connectivity index is 0.00000144. The highest BCUT2D eigenvalue weighted by Crippen LogP contribution is 2.22. The van der Waals surface area contributed by atoms with Gasteiger partial charge in [0.25, 0.3) is 0 Å². The largest absolute Gasteiger partial charge is 0.304 e. The first kappa shape index (κ1) is 14.4. The van der Waals surface area contributed by atoms with Crippen molar-refractivity contribution in [2.45, 2.75) is 38.6 Å². The molecule has 0 bridgehead atoms. The van der Waals surface area contributed by atoms with Crippen molar-refractivity contribution in [1.82, 2.24) is 10.3 Å². The van der Waals surface area contributed by atoms with Crippen LogP contribution < -0.4 is 10.6 Å². The fraction of sp³-hybridized carbons (Fsp3) is 0.636. The number of aryl methyl sites for hydroxylation is 1. The van der Waals surface area contributed by atoms with Gasteiger partial charge in [0.2, 0.25) is 5.91 Å². The molecule has 6 heteroatoms. The van der Waals surface area contributed by atoms with E-state index in [0.717, 1.165) is 31.5 Å². The number of aromatic nitrogens is 1. The number of halogens is 1. The molecule has 1 saturated heterocycles. The molecule has 96 valence electrons. The van der Waals surface area contributed by atoms with Crippen molar-refractivity contribution in [3.63, 3.8) is 0 Å². The van der Waals surface area contributed by atoms with Gasteiger partial charge in [0.15, 0.2) is 5.13 Å². The van der Waals surface area contributed by atoms with Crippen molar-refractivity contribution in [2.75, 3.05) is 11.9 Å². The third-order valence-corrected chi connectivity index (χ3v) is 3.83. The van der Waals surface area contributed by atoms with E-state index < -0.39 is 5.54 Å². The predicted molar refractivity (Wildman–Crippen MR) is 73.0 cm³/mol. The van der Waals surface area contributed by atoms with E-state index in [1.807, 2.05) is 19.2 Å². The second-order valence-electron chi connectivity index (χ2n) is 4.46. The van der Waals surface area contributed by atoms with Crippen LogP contribution in [0.1, 0.15) is 31.9 Å². The number of hydrogen-bond donors (Lipinski definition) is 2. The standard InChI is InChI=1S/C11H17N3OS.ClH/c1-8-7-16-10(13-8)14-9(15)11(2)5-3-4-6-12-11;/h7,12H,3-6H2,1-2H3,(H,13,14,15);1H. The Morgan fingerprint density at radius 1 is 1.59 bits per heavy atom. The van der Waals surface area contributed by atoms with E-state index in [4.69, 9.17) is 0 Å². The fourth-order valence-electron chi connectivity index (χ4n) is 1.90. The molecule has 1 aliphatic heterocycles. The van der Waals surface area contributed by atoms with Crippen LogP contribution in [0.25, 0.3) is 0 Å². The zero-order chi connectivity index (χ0) is 11.6. The monoisotopic (exact) mass is 275 g/mol. The second kappa shape index (κ2) is 5.80. The molecule has 1 unspecified atom stereocenters. The van der Waals surface area contributed by atoms with Gasteiger partial charge in [-0.15, -0.1) is 23.7 Å². The summed E-state index contributed by atoms with van der Waals surface area (Å²) < 4.78 is 0. The van der Waals surface area contributed by atoms with E-state index in [-0.39, 0.29) is 18.3 Å². The van der Waals surface area contributed by atoms with Gasteiger partial charge in [-0.25, -0.2) is 4.98 Å². The van der Waals surface area contributed by atoms with Gasteiger partial charge in [0.1, 0.15) is 0 Å². The molecule has 0 spiro atoms. The van der Waals surface area contributed by atoms with Crippen molar-refractivity contribution in [3.05, 3.63) is 11.1 Å². The molecule has 2 N–H and O–H groups in total. The van der Waals surface area contributed by atoms with E-state index in [1.165, 1.54) is 11.3 Å². The number of amides is 1. The summed E-state index contributed by atoms with van der Waals surface area (Å²) in [5.41, 5.74) is 0.514. The van der Waals surface area contributed by atoms with Crippen molar-refractivity contribution in [2.24, 2.45) is 0 Å². The van der Waals surface area contributed by atoms with E-state index in [2.05, 4.69) is 15.6 Å². The number of piperidine rings is 1. The maximum atomic E-state index is 12.1. The Morgan fingerprint density at radius 3 is 2.88 bits per heavy atom. The minimum absolute atomic E-state index is 0. The molecule has 17 heavy (non-hydrogen) atoms. The number of carbonyl (C=O) groups excluding carboxylic acids is 1. The summed E-state index contributed by atoms with van der Waals surface area (Å²) in [6, 6.07) is 0. The molecular formula is C11H18ClN3OS. The first-order valence-corrected chi connectivity index (χ1v) is 6.47. The lowest BCUT2D eigenvalue weighted by Crippen LogP contribution is -2.54. The molecule has 1 aromatic rings. The normalized spacial score (nSPS) is 23.9. The lowest BCUT2D eigenvalue weighted by molar-refractivity contribution is -0.122. The molecule has 1 amide bonds. The fourth-order valence-corrected chi connectivity index (χ4v) is 2.58. The molecule has 4 nitrogen and oxygen atoms in total. The topological polar surface area (TPSA) is 54.0 Å². The highest BCUT2D eigenvalue weighted by Gasteiger charge is 2.34. The number of hydrogen-bond acceptors (Lipinski definition) is 4. The molecule has 1 fully saturated rings. The van der Waals surface area contributed by atoms with Crippen LogP contribution in [0.3, 0.4) is 0 Å². The molecule has 0 saturated carbocycles. The van der Waals surface area contributed by atoms with Crippen LogP contribution in [-0.4, -0.2) is 23.0 Å². The maximum Gasteiger partial charge on any atom is 0.246 e. The van der Waals surface area contributed by atoms with Crippen molar-refractivity contribution in [1.29, 1.82) is 0 Å². The van der Waals surface area contributed by atoms with Gasteiger partial charge >= 0.3 is 0 Å². The highest BCUT2D eigenvalue weighted by molar-refractivity contribution is 7.13. The lowest BCUT2D eigenvalue weighted by atomic mass is 9.90. The first-order chi connectivity index (χ1) is 7.60. The van der Waals surface area contributed by atoms with Gasteiger partial charge in [-0.3, -0.25) is 4.79 Å². The molecular weight excluding hydrogens is 258 g/mol. The van der Waals surface area contributed by atoms with Crippen LogP contribution in [-0.2, 0) is 4.79 Å². The average molecular weight is 276 g/mol. The van der Waals surface area contributed by atoms with E-state index >= 15 is 0 Å². The van der Waals surface area contributed by atoms with Crippen molar-refractivity contribution < 1.29 is 4.79 Å². The molecule has 1 aliphatic rings. The summed E-state index contributed by atoms with van der Waals surface area (Å²) in [7, 11) is 0. The first-order valence-electron chi connectivity index (χ1n) is 5.59. The zero-order valence-electron chi connectivity index (χ0n) is 10.1. The van der Waals surface area contributed by atoms with E-state index in [9.17, 15) is 4.79 Å². The van der Waals surface area contributed by atoms with Gasteiger partial charge in [-0.2, -0.15) is 0 Å². The van der Waals surface area contributed by atoms with Crippen LogP contribution >= 0.6 is 23.7 Å². The van der Waals surface area contributed by atoms with E-state index in [0.29, 0.717) is 5.13 Å². The Kier molecular flexibility index (Phi) is 4.91. The summed E-state index contributed by atoms with van der Waals surface area (Å²) in [5, 5.41) is 8.79. The van der Waals surface area contributed by atoms with Gasteiger partial charge in [0.05, 0.1) is 11.2 Å². The van der Waals surface area contributed by atoms with Crippen molar-refractivity contribution in [3.8, 4) is 0 Å². The van der Waals surface area contributed by atoms with Crippen LogP contribution in [0.15, 0.2) is 5.38 Å². The third-order valence-electron chi connectivity index (χ3n) is 2.96. The summed E-state index contributed by atoms with van der Waals surface area (Å²) in [4.78, 5) is 16.3. The van der Waals surface area contributed by atoms with Gasteiger partial charge < -0.3 is 10.6 Å². The predicted octanol–water partition coefficient (Wildman–Crippen LogP) is 2.34. The number of nitrogens with one attached hydrogen (secondary N) is 2. The zero-order valence-corrected chi connectivity index (χ0v) is 11.7. The Bertz CT molecular complexity index is 388. The molecule has 0 aromatic carbocycles. The van der Waals surface area contributed by atoms with Gasteiger partial charge in [-0.1, -0.05) is 0 Å². The SMILES string of the molecule is Cc1csc(NC(=O)C2(C)CCCCN2)n1.Cl. The average Bonchev–Trinajstić information content (AvgIpc) is 2.65. The maximum absolute atomic E-state index is 12.1. The number of nitrogens with zero attached hydrogens (tertiary/aromatic N) is 1.